The lowest BCUT2D eigenvalue weighted by atomic mass is 9.91. The summed E-state index contributed by atoms with van der Waals surface area (Å²) in [6, 6.07) is 13.0. The van der Waals surface area contributed by atoms with Crippen LogP contribution in [-0.4, -0.2) is 38.4 Å². The monoisotopic (exact) mass is 536 g/mol. The van der Waals surface area contributed by atoms with Crippen molar-refractivity contribution in [1.29, 1.82) is 0 Å². The summed E-state index contributed by atoms with van der Waals surface area (Å²) < 4.78 is 36.4. The zero-order chi connectivity index (χ0) is 25.4. The number of unbranched alkanes of at least 4 members (excludes halogenated alkanes) is 3. The van der Waals surface area contributed by atoms with Gasteiger partial charge in [0.2, 0.25) is 0 Å². The van der Waals surface area contributed by atoms with Gasteiger partial charge >= 0.3 is 0 Å². The maximum atomic E-state index is 10.8. The fraction of sp³-hybridized carbons (Fsp3) is 0.414. The lowest BCUT2D eigenvalue weighted by Crippen LogP contribution is -2.34. The van der Waals surface area contributed by atoms with Crippen LogP contribution in [0, 0.1) is 0 Å². The molecule has 6 rings (SSSR count). The van der Waals surface area contributed by atoms with Gasteiger partial charge in [0.25, 0.3) is 10.1 Å². The largest absolute Gasteiger partial charge is 0.501 e. The third-order valence-corrected chi connectivity index (χ3v) is 9.53. The first-order valence-corrected chi connectivity index (χ1v) is 15.7. The summed E-state index contributed by atoms with van der Waals surface area (Å²) >= 11 is 1.86. The summed E-state index contributed by atoms with van der Waals surface area (Å²) in [6.45, 7) is 2.90. The lowest BCUT2D eigenvalue weighted by molar-refractivity contribution is 0.282. The van der Waals surface area contributed by atoms with Crippen molar-refractivity contribution in [2.24, 2.45) is 4.99 Å². The molecule has 0 radical (unpaired) electrons. The van der Waals surface area contributed by atoms with E-state index in [4.69, 9.17) is 14.3 Å². The molecular weight excluding hydrogens is 504 g/mol. The number of hydrogen-bond donors (Lipinski definition) is 1. The van der Waals surface area contributed by atoms with E-state index in [2.05, 4.69) is 41.3 Å². The van der Waals surface area contributed by atoms with Gasteiger partial charge in [0.05, 0.1) is 29.7 Å². The normalized spacial score (nSPS) is 16.7. The van der Waals surface area contributed by atoms with E-state index in [-0.39, 0.29) is 5.75 Å². The van der Waals surface area contributed by atoms with Gasteiger partial charge in [0.15, 0.2) is 0 Å². The van der Waals surface area contributed by atoms with Crippen LogP contribution in [0.25, 0.3) is 17.0 Å². The van der Waals surface area contributed by atoms with Gasteiger partial charge in [-0.3, -0.25) is 4.55 Å². The highest BCUT2D eigenvalue weighted by Gasteiger charge is 2.29. The molecule has 3 heterocycles. The van der Waals surface area contributed by atoms with Gasteiger partial charge in [-0.15, -0.1) is 0 Å². The average Bonchev–Trinajstić information content (AvgIpc) is 2.89. The molecule has 3 aromatic rings. The van der Waals surface area contributed by atoms with E-state index in [0.29, 0.717) is 13.0 Å². The Kier molecular flexibility index (Phi) is 6.90. The molecule has 37 heavy (non-hydrogen) atoms. The maximum Gasteiger partial charge on any atom is 0.264 e. The molecule has 0 aliphatic carbocycles. The Morgan fingerprint density at radius 1 is 1.03 bits per heavy atom. The molecule has 0 fully saturated rings. The quantitative estimate of drug-likeness (QED) is 0.248. The summed E-state index contributed by atoms with van der Waals surface area (Å²) in [5.74, 6) is -0.171. The molecule has 6 nitrogen and oxygen atoms in total. The highest BCUT2D eigenvalue weighted by Crippen LogP contribution is 2.48. The van der Waals surface area contributed by atoms with Crippen molar-refractivity contribution in [3.8, 4) is 0 Å². The minimum absolute atomic E-state index is 0.171. The number of rotatable bonds is 8. The van der Waals surface area contributed by atoms with Crippen LogP contribution in [0.5, 0.6) is 0 Å². The van der Waals surface area contributed by atoms with Gasteiger partial charge < -0.3 is 9.64 Å². The molecule has 0 atom stereocenters. The van der Waals surface area contributed by atoms with Crippen molar-refractivity contribution in [2.75, 3.05) is 30.3 Å². The molecular formula is C29H32N2O4S2. The highest BCUT2D eigenvalue weighted by molar-refractivity contribution is 7.99. The molecule has 3 aliphatic heterocycles. The number of benzene rings is 3. The zero-order valence-corrected chi connectivity index (χ0v) is 22.5. The molecule has 3 aromatic carbocycles. The van der Waals surface area contributed by atoms with Crippen LogP contribution in [0.3, 0.4) is 0 Å². The summed E-state index contributed by atoms with van der Waals surface area (Å²) in [5, 5.41) is 4.39. The molecule has 8 heteroatoms. The van der Waals surface area contributed by atoms with E-state index >= 15 is 0 Å². The summed E-state index contributed by atoms with van der Waals surface area (Å²) in [4.78, 5) is 10.3. The molecule has 0 unspecified atom stereocenters. The Labute approximate surface area is 222 Å². The van der Waals surface area contributed by atoms with Crippen molar-refractivity contribution in [3.05, 3.63) is 58.1 Å². The maximum absolute atomic E-state index is 10.8. The summed E-state index contributed by atoms with van der Waals surface area (Å²) in [5.41, 5.74) is 5.56. The van der Waals surface area contributed by atoms with Crippen molar-refractivity contribution < 1.29 is 17.7 Å². The smallest absolute Gasteiger partial charge is 0.264 e. The number of hydrogen-bond acceptors (Lipinski definition) is 6. The number of fused-ring (bicyclic) bond motifs is 5. The number of anilines is 1. The fourth-order valence-electron chi connectivity index (χ4n) is 5.87. The molecule has 0 bridgehead atoms. The second-order valence-electron chi connectivity index (χ2n) is 10.2. The minimum atomic E-state index is -3.86. The van der Waals surface area contributed by atoms with Crippen LogP contribution in [0.1, 0.15) is 49.7 Å². The van der Waals surface area contributed by atoms with Crippen molar-refractivity contribution >= 4 is 50.3 Å². The van der Waals surface area contributed by atoms with Crippen LogP contribution in [-0.2, 0) is 27.7 Å². The summed E-state index contributed by atoms with van der Waals surface area (Å²) in [6.07, 6.45) is 9.49. The van der Waals surface area contributed by atoms with Gasteiger partial charge in [-0.1, -0.05) is 48.9 Å². The van der Waals surface area contributed by atoms with Crippen LogP contribution in [0.15, 0.2) is 51.2 Å². The number of aryl methyl sites for hydroxylation is 1. The second kappa shape index (κ2) is 10.3. The number of nitrogens with zero attached hydrogens (tertiary/aromatic N) is 2. The standard InChI is InChI=1S/C29H32N2O4S2/c32-37(33,34)16-6-2-1-5-15-35-19-21-18-26-27(23-11-4-3-10-22(21)23)30-25-17-20-9-7-13-31-14-8-12-24(28(20)31)29(25)36-26/h3-4,10-11,17-19H,1-2,5-9,12-16H2,(H,32,33,34)/b21-19-. The van der Waals surface area contributed by atoms with E-state index in [9.17, 15) is 8.42 Å². The summed E-state index contributed by atoms with van der Waals surface area (Å²) in [7, 11) is -3.86. The van der Waals surface area contributed by atoms with E-state index in [1.54, 1.807) is 0 Å². The van der Waals surface area contributed by atoms with Crippen molar-refractivity contribution in [1.82, 2.24) is 0 Å². The molecule has 0 amide bonds. The van der Waals surface area contributed by atoms with Crippen LogP contribution in [0.4, 0.5) is 11.4 Å². The Morgan fingerprint density at radius 2 is 1.81 bits per heavy atom. The third kappa shape index (κ3) is 5.11. The fourth-order valence-corrected chi connectivity index (χ4v) is 7.62. The molecule has 0 saturated heterocycles. The number of ether oxygens (including phenoxy) is 1. The third-order valence-electron chi connectivity index (χ3n) is 7.54. The zero-order valence-electron chi connectivity index (χ0n) is 20.9. The van der Waals surface area contributed by atoms with Crippen molar-refractivity contribution in [2.45, 2.75) is 61.2 Å². The minimum Gasteiger partial charge on any atom is -0.501 e. The Bertz CT molecular complexity index is 1580. The Morgan fingerprint density at radius 3 is 2.65 bits per heavy atom. The molecule has 194 valence electrons. The first-order valence-electron chi connectivity index (χ1n) is 13.3. The highest BCUT2D eigenvalue weighted by atomic mass is 32.2. The average molecular weight is 537 g/mol. The van der Waals surface area contributed by atoms with Gasteiger partial charge in [0.1, 0.15) is 0 Å². The van der Waals surface area contributed by atoms with E-state index in [0.717, 1.165) is 59.1 Å². The first-order chi connectivity index (χ1) is 18.0. The predicted molar refractivity (Wildman–Crippen MR) is 149 cm³/mol. The second-order valence-corrected chi connectivity index (χ2v) is 12.8. The van der Waals surface area contributed by atoms with Gasteiger partial charge in [0, 0.05) is 39.2 Å². The van der Waals surface area contributed by atoms with Gasteiger partial charge in [-0.2, -0.15) is 8.42 Å². The van der Waals surface area contributed by atoms with E-state index < -0.39 is 10.1 Å². The van der Waals surface area contributed by atoms with Crippen LogP contribution < -0.4 is 15.5 Å². The predicted octanol–water partition coefficient (Wildman–Crippen LogP) is 5.16. The first kappa shape index (κ1) is 24.8. The molecule has 0 saturated carbocycles. The SMILES string of the molecule is O=S(=O)(O)CCCCCCO/C=c1/cc2c(c3ccccc13)=Nc1cc3c4c(c1S2)CCCN4CCC3. The van der Waals surface area contributed by atoms with Crippen molar-refractivity contribution in [3.63, 3.8) is 0 Å². The molecule has 0 aromatic heterocycles. The lowest BCUT2D eigenvalue weighted by Gasteiger charge is -2.38. The molecule has 0 spiro atoms. The van der Waals surface area contributed by atoms with E-state index in [1.807, 2.05) is 18.0 Å². The van der Waals surface area contributed by atoms with Gasteiger partial charge in [-0.05, 0) is 67.2 Å². The van der Waals surface area contributed by atoms with Crippen LogP contribution in [0.2, 0.25) is 0 Å². The Hall–Kier alpha value is -2.55. The van der Waals surface area contributed by atoms with E-state index in [1.165, 1.54) is 52.5 Å². The molecule has 3 aliphatic rings. The van der Waals surface area contributed by atoms with Crippen LogP contribution >= 0.6 is 11.8 Å². The topological polar surface area (TPSA) is 79.2 Å². The molecule has 1 N–H and O–H groups in total. The van der Waals surface area contributed by atoms with Gasteiger partial charge in [-0.25, -0.2) is 4.99 Å². The Balaban J connectivity index is 1.28.